The molecule has 1 aromatic heterocycles. The molecule has 0 aliphatic carbocycles. The Labute approximate surface area is 123 Å². The molecule has 0 radical (unpaired) electrons. The number of hydrogen-bond donors (Lipinski definition) is 2. The van der Waals surface area contributed by atoms with E-state index in [1.807, 2.05) is 18.2 Å². The van der Waals surface area contributed by atoms with Crippen LogP contribution in [0.15, 0.2) is 47.5 Å². The first-order valence-electron chi connectivity index (χ1n) is 7.25. The summed E-state index contributed by atoms with van der Waals surface area (Å²) in [7, 11) is 0. The second-order valence-corrected chi connectivity index (χ2v) is 5.72. The summed E-state index contributed by atoms with van der Waals surface area (Å²) in [5.74, 6) is 0. The molecule has 1 aliphatic rings. The lowest BCUT2D eigenvalue weighted by molar-refractivity contribution is 1.00. The third kappa shape index (κ3) is 2.11. The fourth-order valence-corrected chi connectivity index (χ4v) is 2.97. The average Bonchev–Trinajstić information content (AvgIpc) is 2.89. The van der Waals surface area contributed by atoms with E-state index in [2.05, 4.69) is 36.2 Å². The summed E-state index contributed by atoms with van der Waals surface area (Å²) in [6.45, 7) is 2.12. The number of fused-ring (bicyclic) bond motifs is 2. The number of nitrogens with two attached hydrogens (primary N) is 1. The molecule has 0 saturated carbocycles. The van der Waals surface area contributed by atoms with Crippen LogP contribution in [0.5, 0.6) is 0 Å². The van der Waals surface area contributed by atoms with Crippen molar-refractivity contribution in [3.8, 4) is 0 Å². The Hall–Kier alpha value is -2.55. The van der Waals surface area contributed by atoms with Gasteiger partial charge in [-0.05, 0) is 61.7 Å². The van der Waals surface area contributed by atoms with Gasteiger partial charge in [0, 0.05) is 16.6 Å². The Balaban J connectivity index is 1.80. The van der Waals surface area contributed by atoms with E-state index < -0.39 is 0 Å². The highest BCUT2D eigenvalue weighted by Gasteiger charge is 2.15. The lowest BCUT2D eigenvalue weighted by atomic mass is 9.99. The van der Waals surface area contributed by atoms with Crippen LogP contribution in [0.1, 0.15) is 23.2 Å². The van der Waals surface area contributed by atoms with Gasteiger partial charge in [-0.1, -0.05) is 11.6 Å². The molecule has 0 saturated heterocycles. The first kappa shape index (κ1) is 12.2. The molecule has 0 amide bonds. The number of nitrogen functional groups attached to an aromatic ring is 1. The van der Waals surface area contributed by atoms with E-state index in [0.717, 1.165) is 35.6 Å². The summed E-state index contributed by atoms with van der Waals surface area (Å²) in [4.78, 5) is 8.28. The molecule has 3 nitrogen and oxygen atoms in total. The third-order valence-electron chi connectivity index (χ3n) is 4.08. The van der Waals surface area contributed by atoms with Gasteiger partial charge in [0.1, 0.15) is 0 Å². The van der Waals surface area contributed by atoms with Crippen molar-refractivity contribution in [1.82, 2.24) is 4.98 Å². The first-order chi connectivity index (χ1) is 10.2. The fourth-order valence-electron chi connectivity index (χ4n) is 2.97. The van der Waals surface area contributed by atoms with Crippen molar-refractivity contribution in [1.29, 1.82) is 0 Å². The molecule has 1 aliphatic heterocycles. The molecule has 0 fully saturated rings. The van der Waals surface area contributed by atoms with E-state index in [1.54, 1.807) is 0 Å². The quantitative estimate of drug-likeness (QED) is 0.645. The predicted molar refractivity (Wildman–Crippen MR) is 88.4 cm³/mol. The molecule has 104 valence electrons. The van der Waals surface area contributed by atoms with E-state index in [1.165, 1.54) is 22.0 Å². The van der Waals surface area contributed by atoms with E-state index in [-0.39, 0.29) is 0 Å². The minimum atomic E-state index is 0.813. The van der Waals surface area contributed by atoms with Gasteiger partial charge in [-0.2, -0.15) is 0 Å². The number of aromatic amines is 1. The normalized spacial score (nSPS) is 14.0. The molecule has 4 rings (SSSR count). The minimum Gasteiger partial charge on any atom is -0.399 e. The number of nitrogens with zero attached hydrogens (tertiary/aromatic N) is 1. The maximum absolute atomic E-state index is 5.84. The summed E-state index contributed by atoms with van der Waals surface area (Å²) in [6, 6.07) is 14.6. The monoisotopic (exact) mass is 275 g/mol. The SMILES string of the molecule is Cc1ccc2[nH]c(C3=Nc4ccc(N)cc4CC3)cc2c1. The Morgan fingerprint density at radius 1 is 1.05 bits per heavy atom. The Kier molecular flexibility index (Phi) is 2.61. The zero-order valence-electron chi connectivity index (χ0n) is 12.0. The number of aromatic nitrogens is 1. The largest absolute Gasteiger partial charge is 0.399 e. The van der Waals surface area contributed by atoms with Gasteiger partial charge in [0.2, 0.25) is 0 Å². The lowest BCUT2D eigenvalue weighted by Crippen LogP contribution is -2.08. The molecule has 0 spiro atoms. The molecule has 0 atom stereocenters. The van der Waals surface area contributed by atoms with Crippen LogP contribution in [0.2, 0.25) is 0 Å². The van der Waals surface area contributed by atoms with Crippen molar-refractivity contribution in [2.45, 2.75) is 19.8 Å². The minimum absolute atomic E-state index is 0.813. The van der Waals surface area contributed by atoms with Crippen LogP contribution >= 0.6 is 0 Å². The Bertz CT molecular complexity index is 871. The van der Waals surface area contributed by atoms with Crippen molar-refractivity contribution >= 4 is 28.0 Å². The number of anilines is 1. The van der Waals surface area contributed by atoms with Gasteiger partial charge >= 0.3 is 0 Å². The summed E-state index contributed by atoms with van der Waals surface area (Å²) >= 11 is 0. The zero-order valence-corrected chi connectivity index (χ0v) is 12.0. The van der Waals surface area contributed by atoms with Gasteiger partial charge < -0.3 is 10.7 Å². The van der Waals surface area contributed by atoms with Crippen LogP contribution in [0, 0.1) is 6.92 Å². The summed E-state index contributed by atoms with van der Waals surface area (Å²) < 4.78 is 0. The maximum Gasteiger partial charge on any atom is 0.0667 e. The summed E-state index contributed by atoms with van der Waals surface area (Å²) in [6.07, 6.45) is 1.94. The van der Waals surface area contributed by atoms with Crippen LogP contribution in [0.25, 0.3) is 10.9 Å². The highest BCUT2D eigenvalue weighted by atomic mass is 14.8. The zero-order chi connectivity index (χ0) is 14.4. The molecule has 3 heteroatoms. The number of hydrogen-bond acceptors (Lipinski definition) is 2. The summed E-state index contributed by atoms with van der Waals surface area (Å²) in [5.41, 5.74) is 13.6. The van der Waals surface area contributed by atoms with Gasteiger partial charge in [0.25, 0.3) is 0 Å². The number of H-pyrrole nitrogens is 1. The van der Waals surface area contributed by atoms with Gasteiger partial charge in [0.05, 0.1) is 17.1 Å². The van der Waals surface area contributed by atoms with E-state index >= 15 is 0 Å². The van der Waals surface area contributed by atoms with Gasteiger partial charge in [0.15, 0.2) is 0 Å². The number of nitrogens with one attached hydrogen (secondary N) is 1. The highest BCUT2D eigenvalue weighted by Crippen LogP contribution is 2.30. The summed E-state index contributed by atoms with van der Waals surface area (Å²) in [5, 5.41) is 1.25. The fraction of sp³-hybridized carbons (Fsp3) is 0.167. The number of benzene rings is 2. The standard InChI is InChI=1S/C18H17N3/c1-11-2-5-16-13(8-11)10-18(21-16)17-6-3-12-9-14(19)4-7-15(12)20-17/h2,4-5,7-10,21H,3,6,19H2,1H3. The lowest BCUT2D eigenvalue weighted by Gasteiger charge is -2.15. The van der Waals surface area contributed by atoms with Crippen LogP contribution in [0.4, 0.5) is 11.4 Å². The maximum atomic E-state index is 5.84. The highest BCUT2D eigenvalue weighted by molar-refractivity contribution is 6.05. The predicted octanol–water partition coefficient (Wildman–Crippen LogP) is 4.13. The topological polar surface area (TPSA) is 54.2 Å². The number of aliphatic imine (C=N–C) groups is 1. The number of rotatable bonds is 1. The van der Waals surface area contributed by atoms with Gasteiger partial charge in [-0.15, -0.1) is 0 Å². The molecule has 3 N–H and O–H groups in total. The van der Waals surface area contributed by atoms with Crippen molar-refractivity contribution in [3.63, 3.8) is 0 Å². The molecule has 2 aromatic carbocycles. The van der Waals surface area contributed by atoms with Gasteiger partial charge in [-0.3, -0.25) is 4.99 Å². The molecule has 21 heavy (non-hydrogen) atoms. The Morgan fingerprint density at radius 2 is 1.95 bits per heavy atom. The second-order valence-electron chi connectivity index (χ2n) is 5.72. The smallest absolute Gasteiger partial charge is 0.0667 e. The van der Waals surface area contributed by atoms with Crippen molar-refractivity contribution in [2.75, 3.05) is 5.73 Å². The van der Waals surface area contributed by atoms with E-state index in [9.17, 15) is 0 Å². The number of aryl methyl sites for hydroxylation is 2. The molecular weight excluding hydrogens is 258 g/mol. The van der Waals surface area contributed by atoms with Crippen molar-refractivity contribution in [3.05, 3.63) is 59.3 Å². The molecule has 0 unspecified atom stereocenters. The van der Waals surface area contributed by atoms with Gasteiger partial charge in [-0.25, -0.2) is 0 Å². The second kappa shape index (κ2) is 4.48. The van der Waals surface area contributed by atoms with Crippen LogP contribution in [0.3, 0.4) is 0 Å². The van der Waals surface area contributed by atoms with Crippen molar-refractivity contribution < 1.29 is 0 Å². The van der Waals surface area contributed by atoms with E-state index in [0.29, 0.717) is 0 Å². The van der Waals surface area contributed by atoms with Crippen LogP contribution < -0.4 is 5.73 Å². The molecular formula is C18H17N3. The Morgan fingerprint density at radius 3 is 2.86 bits per heavy atom. The average molecular weight is 275 g/mol. The van der Waals surface area contributed by atoms with Crippen molar-refractivity contribution in [2.24, 2.45) is 4.99 Å². The molecule has 3 aromatic rings. The third-order valence-corrected chi connectivity index (χ3v) is 4.08. The van der Waals surface area contributed by atoms with E-state index in [4.69, 9.17) is 10.7 Å². The van der Waals surface area contributed by atoms with Crippen LogP contribution in [-0.4, -0.2) is 10.7 Å². The molecule has 2 heterocycles. The van der Waals surface area contributed by atoms with Crippen LogP contribution in [-0.2, 0) is 6.42 Å². The first-order valence-corrected chi connectivity index (χ1v) is 7.25. The molecule has 0 bridgehead atoms.